The van der Waals surface area contributed by atoms with Gasteiger partial charge in [0.25, 0.3) is 0 Å². The zero-order chi connectivity index (χ0) is 10.8. The molecule has 1 aromatic rings. The van der Waals surface area contributed by atoms with E-state index in [4.69, 9.17) is 15.9 Å². The fourth-order valence-electron chi connectivity index (χ4n) is 1.05. The number of aromatic nitrogens is 2. The van der Waals surface area contributed by atoms with Crippen molar-refractivity contribution in [2.75, 3.05) is 6.61 Å². The number of aliphatic hydroxyl groups excluding tert-OH is 1. The first-order chi connectivity index (χ1) is 6.48. The summed E-state index contributed by atoms with van der Waals surface area (Å²) in [6.07, 6.45) is 1.56. The molecule has 0 fully saturated rings. The van der Waals surface area contributed by atoms with Crippen LogP contribution in [-0.4, -0.2) is 38.3 Å². The SMILES string of the molecule is Cc1cnc(CC(N)(CO)C(=O)O)[nH]1. The van der Waals surface area contributed by atoms with Gasteiger partial charge in [-0.05, 0) is 6.92 Å². The molecular formula is C8H13N3O3. The molecule has 0 aromatic carbocycles. The minimum atomic E-state index is -1.66. The highest BCUT2D eigenvalue weighted by Crippen LogP contribution is 2.08. The number of nitrogens with zero attached hydrogens (tertiary/aromatic N) is 1. The lowest BCUT2D eigenvalue weighted by Crippen LogP contribution is -2.53. The summed E-state index contributed by atoms with van der Waals surface area (Å²) >= 11 is 0. The molecule has 6 nitrogen and oxygen atoms in total. The molecule has 1 atom stereocenters. The van der Waals surface area contributed by atoms with Crippen molar-refractivity contribution in [1.29, 1.82) is 0 Å². The quantitative estimate of drug-likeness (QED) is 0.498. The third kappa shape index (κ3) is 2.09. The molecule has 6 heteroatoms. The second kappa shape index (κ2) is 3.77. The molecule has 0 saturated carbocycles. The van der Waals surface area contributed by atoms with E-state index in [1.54, 1.807) is 13.1 Å². The molecule has 0 aliphatic carbocycles. The van der Waals surface area contributed by atoms with Gasteiger partial charge in [0.05, 0.1) is 6.61 Å². The number of aliphatic hydroxyl groups is 1. The molecule has 1 aromatic heterocycles. The fraction of sp³-hybridized carbons (Fsp3) is 0.500. The van der Waals surface area contributed by atoms with Crippen LogP contribution in [0.3, 0.4) is 0 Å². The summed E-state index contributed by atoms with van der Waals surface area (Å²) in [7, 11) is 0. The predicted octanol–water partition coefficient (Wildman–Crippen LogP) is -0.965. The Labute approximate surface area is 80.8 Å². The van der Waals surface area contributed by atoms with Gasteiger partial charge in [0.15, 0.2) is 0 Å². The van der Waals surface area contributed by atoms with Gasteiger partial charge in [-0.15, -0.1) is 0 Å². The highest BCUT2D eigenvalue weighted by Gasteiger charge is 2.34. The minimum absolute atomic E-state index is 0.0212. The van der Waals surface area contributed by atoms with E-state index in [0.29, 0.717) is 5.82 Å². The second-order valence-electron chi connectivity index (χ2n) is 3.31. The van der Waals surface area contributed by atoms with Gasteiger partial charge in [-0.1, -0.05) is 0 Å². The lowest BCUT2D eigenvalue weighted by Gasteiger charge is -2.20. The third-order valence-corrected chi connectivity index (χ3v) is 1.95. The van der Waals surface area contributed by atoms with Crippen molar-refractivity contribution in [3.05, 3.63) is 17.7 Å². The number of nitrogens with one attached hydrogen (secondary N) is 1. The molecule has 0 spiro atoms. The summed E-state index contributed by atoms with van der Waals surface area (Å²) in [5, 5.41) is 17.7. The Morgan fingerprint density at radius 2 is 2.43 bits per heavy atom. The number of carbonyl (C=O) groups is 1. The first kappa shape index (κ1) is 10.7. The molecule has 0 bridgehead atoms. The number of imidazole rings is 1. The van der Waals surface area contributed by atoms with Gasteiger partial charge in [-0.3, -0.25) is 4.79 Å². The van der Waals surface area contributed by atoms with E-state index in [0.717, 1.165) is 5.69 Å². The van der Waals surface area contributed by atoms with Crippen LogP contribution in [0.25, 0.3) is 0 Å². The lowest BCUT2D eigenvalue weighted by atomic mass is 9.98. The number of aryl methyl sites for hydroxylation is 1. The van der Waals surface area contributed by atoms with Crippen molar-refractivity contribution in [3.8, 4) is 0 Å². The van der Waals surface area contributed by atoms with Gasteiger partial charge >= 0.3 is 5.97 Å². The van der Waals surface area contributed by atoms with E-state index in [1.165, 1.54) is 0 Å². The van der Waals surface area contributed by atoms with Crippen molar-refractivity contribution in [2.45, 2.75) is 18.9 Å². The first-order valence-electron chi connectivity index (χ1n) is 4.11. The molecule has 1 rings (SSSR count). The van der Waals surface area contributed by atoms with E-state index in [2.05, 4.69) is 9.97 Å². The maximum absolute atomic E-state index is 10.7. The number of aromatic amines is 1. The van der Waals surface area contributed by atoms with Crippen molar-refractivity contribution < 1.29 is 15.0 Å². The van der Waals surface area contributed by atoms with Crippen molar-refractivity contribution in [1.82, 2.24) is 9.97 Å². The monoisotopic (exact) mass is 199 g/mol. The average Bonchev–Trinajstić information content (AvgIpc) is 2.50. The second-order valence-corrected chi connectivity index (χ2v) is 3.31. The summed E-state index contributed by atoms with van der Waals surface area (Å²) in [5.74, 6) is -0.782. The van der Waals surface area contributed by atoms with Crippen LogP contribution in [0.1, 0.15) is 11.5 Å². The van der Waals surface area contributed by atoms with Crippen molar-refractivity contribution >= 4 is 5.97 Å². The molecule has 78 valence electrons. The molecule has 0 aliphatic rings. The van der Waals surface area contributed by atoms with Crippen LogP contribution in [0, 0.1) is 6.92 Å². The summed E-state index contributed by atoms with van der Waals surface area (Å²) in [5.41, 5.74) is 4.63. The normalized spacial score (nSPS) is 15.1. The Balaban J connectivity index is 2.80. The van der Waals surface area contributed by atoms with E-state index < -0.39 is 18.1 Å². The Morgan fingerprint density at radius 3 is 2.79 bits per heavy atom. The van der Waals surface area contributed by atoms with E-state index >= 15 is 0 Å². The number of hydrogen-bond donors (Lipinski definition) is 4. The molecule has 14 heavy (non-hydrogen) atoms. The molecule has 1 heterocycles. The number of H-pyrrole nitrogens is 1. The highest BCUT2D eigenvalue weighted by atomic mass is 16.4. The Hall–Kier alpha value is -1.40. The number of hydrogen-bond acceptors (Lipinski definition) is 4. The van der Waals surface area contributed by atoms with Gasteiger partial charge in [0.2, 0.25) is 0 Å². The molecule has 0 radical (unpaired) electrons. The molecular weight excluding hydrogens is 186 g/mol. The number of carboxylic acid groups (broad SMARTS) is 1. The summed E-state index contributed by atoms with van der Waals surface area (Å²) in [4.78, 5) is 17.5. The molecule has 5 N–H and O–H groups in total. The number of nitrogens with two attached hydrogens (primary N) is 1. The first-order valence-corrected chi connectivity index (χ1v) is 4.11. The fourth-order valence-corrected chi connectivity index (χ4v) is 1.05. The lowest BCUT2D eigenvalue weighted by molar-refractivity contribution is -0.144. The van der Waals surface area contributed by atoms with Crippen LogP contribution in [0.15, 0.2) is 6.20 Å². The van der Waals surface area contributed by atoms with E-state index in [9.17, 15) is 4.79 Å². The standard InChI is InChI=1S/C8H13N3O3/c1-5-3-10-6(11-5)2-8(9,4-12)7(13)14/h3,12H,2,4,9H2,1H3,(H,10,11)(H,13,14). The molecule has 0 saturated heterocycles. The van der Waals surface area contributed by atoms with Crippen LogP contribution in [-0.2, 0) is 11.2 Å². The molecule has 0 amide bonds. The van der Waals surface area contributed by atoms with Crippen LogP contribution >= 0.6 is 0 Å². The largest absolute Gasteiger partial charge is 0.480 e. The summed E-state index contributed by atoms with van der Waals surface area (Å²) < 4.78 is 0. The number of rotatable bonds is 4. The van der Waals surface area contributed by atoms with Crippen LogP contribution in [0.4, 0.5) is 0 Å². The predicted molar refractivity (Wildman–Crippen MR) is 48.7 cm³/mol. The number of aliphatic carboxylic acids is 1. The van der Waals surface area contributed by atoms with Crippen LogP contribution in [0.5, 0.6) is 0 Å². The summed E-state index contributed by atoms with van der Waals surface area (Å²) in [6, 6.07) is 0. The molecule has 1 unspecified atom stereocenters. The zero-order valence-corrected chi connectivity index (χ0v) is 7.82. The van der Waals surface area contributed by atoms with Crippen LogP contribution < -0.4 is 5.73 Å². The maximum atomic E-state index is 10.7. The maximum Gasteiger partial charge on any atom is 0.326 e. The van der Waals surface area contributed by atoms with Gasteiger partial charge in [-0.2, -0.15) is 0 Å². The Bertz CT molecular complexity index is 336. The van der Waals surface area contributed by atoms with Gasteiger partial charge < -0.3 is 20.9 Å². The smallest absolute Gasteiger partial charge is 0.326 e. The van der Waals surface area contributed by atoms with Gasteiger partial charge in [0, 0.05) is 18.3 Å². The van der Waals surface area contributed by atoms with E-state index in [-0.39, 0.29) is 6.42 Å². The van der Waals surface area contributed by atoms with Crippen LogP contribution in [0.2, 0.25) is 0 Å². The average molecular weight is 199 g/mol. The topological polar surface area (TPSA) is 112 Å². The van der Waals surface area contributed by atoms with Gasteiger partial charge in [-0.25, -0.2) is 4.98 Å². The van der Waals surface area contributed by atoms with Crippen molar-refractivity contribution in [3.63, 3.8) is 0 Å². The third-order valence-electron chi connectivity index (χ3n) is 1.95. The van der Waals surface area contributed by atoms with E-state index in [1.807, 2.05) is 0 Å². The summed E-state index contributed by atoms with van der Waals surface area (Å²) in [6.45, 7) is 1.18. The Morgan fingerprint density at radius 1 is 1.79 bits per heavy atom. The van der Waals surface area contributed by atoms with Gasteiger partial charge in [0.1, 0.15) is 11.4 Å². The Kier molecular flexibility index (Phi) is 2.87. The molecule has 0 aliphatic heterocycles. The zero-order valence-electron chi connectivity index (χ0n) is 7.82. The highest BCUT2D eigenvalue weighted by molar-refractivity contribution is 5.78. The minimum Gasteiger partial charge on any atom is -0.480 e. The van der Waals surface area contributed by atoms with Crippen molar-refractivity contribution in [2.24, 2.45) is 5.73 Å². The number of carboxylic acids is 1.